The normalized spacial score (nSPS) is 11.2. The Morgan fingerprint density at radius 1 is 0.971 bits per heavy atom. The Labute approximate surface area is 198 Å². The van der Waals surface area contributed by atoms with Gasteiger partial charge in [0.05, 0.1) is 28.9 Å². The standard InChI is InChI=1S/C25H25N5O3S/c1-30(34(32,33)22-5-3-2-4-6-22)21-13-9-18(10-14-21)15-24(31)27-16-19-7-11-20(12-8-19)23-17-28-25(26)29-23/h2-14,17H,15-16H2,1H3,(H,27,31)(H3,26,28,29). The third-order valence-corrected chi connectivity index (χ3v) is 7.22. The van der Waals surface area contributed by atoms with Crippen molar-refractivity contribution in [2.24, 2.45) is 0 Å². The number of nitrogen functional groups attached to an aromatic ring is 1. The largest absolute Gasteiger partial charge is 0.369 e. The zero-order chi connectivity index (χ0) is 24.1. The number of sulfonamides is 1. The summed E-state index contributed by atoms with van der Waals surface area (Å²) in [5.41, 5.74) is 9.68. The van der Waals surface area contributed by atoms with Crippen molar-refractivity contribution in [2.75, 3.05) is 17.1 Å². The fourth-order valence-corrected chi connectivity index (χ4v) is 4.66. The van der Waals surface area contributed by atoms with Crippen LogP contribution in [0.25, 0.3) is 11.3 Å². The van der Waals surface area contributed by atoms with Crippen LogP contribution in [0.4, 0.5) is 11.6 Å². The molecule has 174 valence electrons. The molecule has 0 fully saturated rings. The second-order valence-electron chi connectivity index (χ2n) is 7.78. The minimum absolute atomic E-state index is 0.122. The van der Waals surface area contributed by atoms with Crippen molar-refractivity contribution in [1.29, 1.82) is 0 Å². The Kier molecular flexibility index (Phi) is 6.65. The van der Waals surface area contributed by atoms with E-state index in [2.05, 4.69) is 15.3 Å². The van der Waals surface area contributed by atoms with E-state index < -0.39 is 10.0 Å². The van der Waals surface area contributed by atoms with Gasteiger partial charge in [-0.3, -0.25) is 9.10 Å². The van der Waals surface area contributed by atoms with E-state index in [4.69, 9.17) is 5.73 Å². The van der Waals surface area contributed by atoms with Crippen molar-refractivity contribution >= 4 is 27.6 Å². The van der Waals surface area contributed by atoms with Crippen LogP contribution in [0, 0.1) is 0 Å². The van der Waals surface area contributed by atoms with Gasteiger partial charge in [0.15, 0.2) is 5.95 Å². The van der Waals surface area contributed by atoms with E-state index >= 15 is 0 Å². The molecule has 0 bridgehead atoms. The van der Waals surface area contributed by atoms with E-state index in [-0.39, 0.29) is 17.2 Å². The van der Waals surface area contributed by atoms with Crippen LogP contribution in [0.3, 0.4) is 0 Å². The fourth-order valence-electron chi connectivity index (χ4n) is 3.45. The minimum Gasteiger partial charge on any atom is -0.369 e. The molecule has 4 rings (SSSR count). The number of aromatic amines is 1. The summed E-state index contributed by atoms with van der Waals surface area (Å²) in [6.45, 7) is 0.403. The lowest BCUT2D eigenvalue weighted by molar-refractivity contribution is -0.120. The topological polar surface area (TPSA) is 121 Å². The van der Waals surface area contributed by atoms with Crippen molar-refractivity contribution < 1.29 is 13.2 Å². The number of rotatable bonds is 8. The molecule has 0 saturated carbocycles. The predicted molar refractivity (Wildman–Crippen MR) is 132 cm³/mol. The highest BCUT2D eigenvalue weighted by Crippen LogP contribution is 2.22. The summed E-state index contributed by atoms with van der Waals surface area (Å²) in [7, 11) is -2.13. The summed E-state index contributed by atoms with van der Waals surface area (Å²) < 4.78 is 26.8. The number of carbonyl (C=O) groups is 1. The number of aromatic nitrogens is 2. The van der Waals surface area contributed by atoms with Crippen molar-refractivity contribution in [3.05, 3.63) is 96.2 Å². The van der Waals surface area contributed by atoms with E-state index in [0.717, 1.165) is 22.4 Å². The zero-order valence-electron chi connectivity index (χ0n) is 18.6. The van der Waals surface area contributed by atoms with Gasteiger partial charge in [0.2, 0.25) is 5.91 Å². The van der Waals surface area contributed by atoms with E-state index in [1.165, 1.54) is 11.4 Å². The molecule has 0 saturated heterocycles. The van der Waals surface area contributed by atoms with Crippen LogP contribution in [0.1, 0.15) is 11.1 Å². The third-order valence-electron chi connectivity index (χ3n) is 5.42. The number of benzene rings is 3. The molecule has 9 heteroatoms. The molecule has 3 aromatic carbocycles. The third kappa shape index (κ3) is 5.26. The first-order valence-electron chi connectivity index (χ1n) is 10.6. The first kappa shape index (κ1) is 23.1. The molecule has 0 spiro atoms. The molecule has 0 unspecified atom stereocenters. The smallest absolute Gasteiger partial charge is 0.264 e. The molecule has 34 heavy (non-hydrogen) atoms. The molecule has 8 nitrogen and oxygen atoms in total. The summed E-state index contributed by atoms with van der Waals surface area (Å²) >= 11 is 0. The van der Waals surface area contributed by atoms with Gasteiger partial charge in [0.25, 0.3) is 10.0 Å². The molecular formula is C25H25N5O3S. The molecule has 4 N–H and O–H groups in total. The summed E-state index contributed by atoms with van der Waals surface area (Å²) in [4.78, 5) is 19.6. The van der Waals surface area contributed by atoms with Crippen molar-refractivity contribution in [3.63, 3.8) is 0 Å². The predicted octanol–water partition coefficient (Wildman–Crippen LogP) is 3.34. The molecule has 1 aromatic heterocycles. The number of imidazole rings is 1. The van der Waals surface area contributed by atoms with Gasteiger partial charge in [-0.1, -0.05) is 54.6 Å². The zero-order valence-corrected chi connectivity index (χ0v) is 19.4. The van der Waals surface area contributed by atoms with Crippen molar-refractivity contribution in [1.82, 2.24) is 15.3 Å². The van der Waals surface area contributed by atoms with Crippen molar-refractivity contribution in [2.45, 2.75) is 17.9 Å². The number of carbonyl (C=O) groups excluding carboxylic acids is 1. The first-order chi connectivity index (χ1) is 16.3. The highest BCUT2D eigenvalue weighted by Gasteiger charge is 2.20. The summed E-state index contributed by atoms with van der Waals surface area (Å²) in [5, 5.41) is 2.91. The summed E-state index contributed by atoms with van der Waals surface area (Å²) in [6.07, 6.45) is 1.87. The molecule has 1 heterocycles. The molecule has 0 aliphatic rings. The van der Waals surface area contributed by atoms with Crippen LogP contribution < -0.4 is 15.4 Å². The van der Waals surface area contributed by atoms with Crippen molar-refractivity contribution in [3.8, 4) is 11.3 Å². The monoisotopic (exact) mass is 475 g/mol. The van der Waals surface area contributed by atoms with Gasteiger partial charge in [-0.05, 0) is 41.0 Å². The summed E-state index contributed by atoms with van der Waals surface area (Å²) in [6, 6.07) is 22.9. The molecular weight excluding hydrogens is 450 g/mol. The van der Waals surface area contributed by atoms with Gasteiger partial charge in [0.1, 0.15) is 0 Å². The molecule has 0 aliphatic heterocycles. The van der Waals surface area contributed by atoms with Gasteiger partial charge in [-0.15, -0.1) is 0 Å². The average molecular weight is 476 g/mol. The van der Waals surface area contributed by atoms with Crippen LogP contribution in [-0.2, 0) is 27.8 Å². The minimum atomic E-state index is -3.64. The fraction of sp³-hybridized carbons (Fsp3) is 0.120. The van der Waals surface area contributed by atoms with E-state index in [1.807, 2.05) is 24.3 Å². The highest BCUT2D eigenvalue weighted by atomic mass is 32.2. The maximum Gasteiger partial charge on any atom is 0.264 e. The summed E-state index contributed by atoms with van der Waals surface area (Å²) in [5.74, 6) is 0.243. The number of anilines is 2. The second kappa shape index (κ2) is 9.80. The first-order valence-corrected chi connectivity index (χ1v) is 12.1. The number of nitrogens with one attached hydrogen (secondary N) is 2. The number of nitrogens with zero attached hydrogens (tertiary/aromatic N) is 2. The number of amides is 1. The SMILES string of the molecule is CN(c1ccc(CC(=O)NCc2ccc(-c3cnc(N)[nH]3)cc2)cc1)S(=O)(=O)c1ccccc1. The van der Waals surface area contributed by atoms with Gasteiger partial charge in [-0.25, -0.2) is 13.4 Å². The van der Waals surface area contributed by atoms with Gasteiger partial charge < -0.3 is 16.0 Å². The number of hydrogen-bond donors (Lipinski definition) is 3. The maximum absolute atomic E-state index is 12.8. The Hall–Kier alpha value is -4.11. The van der Waals surface area contributed by atoms with Crippen LogP contribution in [0.5, 0.6) is 0 Å². The molecule has 4 aromatic rings. The second-order valence-corrected chi connectivity index (χ2v) is 9.75. The van der Waals surface area contributed by atoms with Gasteiger partial charge >= 0.3 is 0 Å². The Bertz CT molecular complexity index is 1370. The lowest BCUT2D eigenvalue weighted by atomic mass is 10.1. The quantitative estimate of drug-likeness (QED) is 0.361. The highest BCUT2D eigenvalue weighted by molar-refractivity contribution is 7.92. The van der Waals surface area contributed by atoms with Crippen LogP contribution in [0.2, 0.25) is 0 Å². The molecule has 0 radical (unpaired) electrons. The van der Waals surface area contributed by atoms with Crippen LogP contribution in [-0.4, -0.2) is 31.3 Å². The van der Waals surface area contributed by atoms with Crippen LogP contribution >= 0.6 is 0 Å². The number of hydrogen-bond acceptors (Lipinski definition) is 5. The van der Waals surface area contributed by atoms with Gasteiger partial charge in [-0.2, -0.15) is 0 Å². The van der Waals surface area contributed by atoms with E-state index in [9.17, 15) is 13.2 Å². The Balaban J connectivity index is 1.32. The molecule has 0 atom stereocenters. The maximum atomic E-state index is 12.8. The van der Waals surface area contributed by atoms with Crippen LogP contribution in [0.15, 0.2) is 90.0 Å². The van der Waals surface area contributed by atoms with E-state index in [0.29, 0.717) is 18.2 Å². The lowest BCUT2D eigenvalue weighted by Gasteiger charge is -2.19. The average Bonchev–Trinajstić information content (AvgIpc) is 3.30. The Morgan fingerprint density at radius 3 is 2.24 bits per heavy atom. The number of nitrogens with two attached hydrogens (primary N) is 1. The molecule has 0 aliphatic carbocycles. The Morgan fingerprint density at radius 2 is 1.62 bits per heavy atom. The van der Waals surface area contributed by atoms with Gasteiger partial charge in [0, 0.05) is 13.6 Å². The van der Waals surface area contributed by atoms with E-state index in [1.54, 1.807) is 60.8 Å². The lowest BCUT2D eigenvalue weighted by Crippen LogP contribution is -2.26. The molecule has 1 amide bonds. The number of H-pyrrole nitrogens is 1.